The predicted molar refractivity (Wildman–Crippen MR) is 133 cm³/mol. The summed E-state index contributed by atoms with van der Waals surface area (Å²) in [5.41, 5.74) is 4.12. The van der Waals surface area contributed by atoms with E-state index in [-0.39, 0.29) is 30.9 Å². The van der Waals surface area contributed by atoms with E-state index in [0.717, 1.165) is 22.4 Å². The lowest BCUT2D eigenvalue weighted by atomic mass is 9.98. The molecule has 1 aliphatic rings. The molecule has 1 saturated heterocycles. The number of para-hydroxylation sites is 1. The molecule has 2 N–H and O–H groups in total. The van der Waals surface area contributed by atoms with Gasteiger partial charge in [-0.05, 0) is 60.9 Å². The number of ether oxygens (including phenoxy) is 1. The highest BCUT2D eigenvalue weighted by Crippen LogP contribution is 2.38. The number of amides is 2. The first-order valence-corrected chi connectivity index (χ1v) is 11.6. The predicted octanol–water partition coefficient (Wildman–Crippen LogP) is 4.99. The molecule has 7 heteroatoms. The smallest absolute Gasteiger partial charge is 0.251 e. The first kappa shape index (κ1) is 23.8. The molecule has 1 heterocycles. The molecule has 2 amide bonds. The average Bonchev–Trinajstić information content (AvgIpc) is 3.22. The molecule has 0 bridgehead atoms. The number of aliphatic hydroxyl groups excluding tert-OH is 1. The van der Waals surface area contributed by atoms with Gasteiger partial charge in [0.2, 0.25) is 5.91 Å². The summed E-state index contributed by atoms with van der Waals surface area (Å²) in [6, 6.07) is 18.6. The fourth-order valence-electron chi connectivity index (χ4n) is 4.19. The highest BCUT2D eigenvalue weighted by Gasteiger charge is 2.32. The molecule has 0 saturated carbocycles. The van der Waals surface area contributed by atoms with Crippen molar-refractivity contribution in [3.05, 3.63) is 87.9 Å². The zero-order chi connectivity index (χ0) is 24.2. The first-order valence-electron chi connectivity index (χ1n) is 11.2. The molecule has 4 rings (SSSR count). The molecule has 1 atom stereocenters. The third kappa shape index (κ3) is 5.08. The van der Waals surface area contributed by atoms with Crippen molar-refractivity contribution in [3.63, 3.8) is 0 Å². The summed E-state index contributed by atoms with van der Waals surface area (Å²) in [6.07, 6.45) is 0.353. The molecule has 34 heavy (non-hydrogen) atoms. The topological polar surface area (TPSA) is 78.9 Å². The van der Waals surface area contributed by atoms with Crippen LogP contribution in [-0.2, 0) is 4.79 Å². The van der Waals surface area contributed by atoms with Gasteiger partial charge in [-0.3, -0.25) is 9.59 Å². The SMILES string of the molecule is Cc1cccc(C)c1Oc1cc([C@H]2CC(=O)N(c3cccc(C(=O)NCCO)c3)C2)ccc1Cl. The maximum absolute atomic E-state index is 12.9. The number of carbonyl (C=O) groups excluding carboxylic acids is 2. The number of nitrogens with one attached hydrogen (secondary N) is 1. The second kappa shape index (κ2) is 10.3. The van der Waals surface area contributed by atoms with E-state index in [0.29, 0.717) is 35.0 Å². The first-order chi connectivity index (χ1) is 16.4. The fourth-order valence-corrected chi connectivity index (χ4v) is 4.35. The average molecular weight is 479 g/mol. The van der Waals surface area contributed by atoms with E-state index < -0.39 is 0 Å². The molecule has 0 unspecified atom stereocenters. The Bertz CT molecular complexity index is 1210. The van der Waals surface area contributed by atoms with Crippen LogP contribution in [0.25, 0.3) is 0 Å². The molecule has 6 nitrogen and oxygen atoms in total. The Morgan fingerprint density at radius 2 is 1.85 bits per heavy atom. The van der Waals surface area contributed by atoms with Crippen LogP contribution < -0.4 is 15.0 Å². The van der Waals surface area contributed by atoms with Crippen molar-refractivity contribution < 1.29 is 19.4 Å². The third-order valence-electron chi connectivity index (χ3n) is 5.99. The van der Waals surface area contributed by atoms with E-state index in [2.05, 4.69) is 5.32 Å². The molecule has 3 aromatic carbocycles. The summed E-state index contributed by atoms with van der Waals surface area (Å²) < 4.78 is 6.19. The lowest BCUT2D eigenvalue weighted by molar-refractivity contribution is -0.117. The highest BCUT2D eigenvalue weighted by molar-refractivity contribution is 6.32. The monoisotopic (exact) mass is 478 g/mol. The lowest BCUT2D eigenvalue weighted by Crippen LogP contribution is -2.27. The lowest BCUT2D eigenvalue weighted by Gasteiger charge is -2.19. The van der Waals surface area contributed by atoms with Gasteiger partial charge < -0.3 is 20.1 Å². The molecule has 0 spiro atoms. The minimum Gasteiger partial charge on any atom is -0.455 e. The summed E-state index contributed by atoms with van der Waals surface area (Å²) in [6.45, 7) is 4.52. The minimum absolute atomic E-state index is 0.00918. The second-order valence-electron chi connectivity index (χ2n) is 8.45. The van der Waals surface area contributed by atoms with E-state index in [1.807, 2.05) is 50.2 Å². The molecule has 0 radical (unpaired) electrons. The molecule has 3 aromatic rings. The Kier molecular flexibility index (Phi) is 7.20. The summed E-state index contributed by atoms with van der Waals surface area (Å²) in [5, 5.41) is 12.1. The van der Waals surface area contributed by atoms with Crippen LogP contribution in [0.15, 0.2) is 60.7 Å². The zero-order valence-corrected chi connectivity index (χ0v) is 19.9. The van der Waals surface area contributed by atoms with Gasteiger partial charge in [0.15, 0.2) is 0 Å². The Hall–Kier alpha value is -3.35. The zero-order valence-electron chi connectivity index (χ0n) is 19.2. The quantitative estimate of drug-likeness (QED) is 0.501. The molecule has 0 aromatic heterocycles. The molecule has 176 valence electrons. The maximum atomic E-state index is 12.9. The standard InChI is InChI=1S/C27H27ClN2O4/c1-17-5-3-6-18(2)26(17)34-24-14-19(9-10-23(24)28)21-15-25(32)30(16-21)22-8-4-7-20(13-22)27(33)29-11-12-31/h3-10,13-14,21,31H,11-12,15-16H2,1-2H3,(H,29,33)/t21-/m0/s1. The van der Waals surface area contributed by atoms with Crippen molar-refractivity contribution in [3.8, 4) is 11.5 Å². The number of hydrogen-bond donors (Lipinski definition) is 2. The fraction of sp³-hybridized carbons (Fsp3) is 0.259. The molecular formula is C27H27ClN2O4. The van der Waals surface area contributed by atoms with Gasteiger partial charge in [-0.1, -0.05) is 41.9 Å². The van der Waals surface area contributed by atoms with Crippen LogP contribution in [-0.4, -0.2) is 36.6 Å². The second-order valence-corrected chi connectivity index (χ2v) is 8.86. The number of aryl methyl sites for hydroxylation is 2. The van der Waals surface area contributed by atoms with Gasteiger partial charge in [0.25, 0.3) is 5.91 Å². The van der Waals surface area contributed by atoms with Crippen molar-refractivity contribution in [1.82, 2.24) is 5.32 Å². The van der Waals surface area contributed by atoms with Gasteiger partial charge in [-0.2, -0.15) is 0 Å². The van der Waals surface area contributed by atoms with E-state index in [1.54, 1.807) is 29.2 Å². The maximum Gasteiger partial charge on any atom is 0.251 e. The largest absolute Gasteiger partial charge is 0.455 e. The van der Waals surface area contributed by atoms with Crippen LogP contribution in [0.3, 0.4) is 0 Å². The van der Waals surface area contributed by atoms with Gasteiger partial charge >= 0.3 is 0 Å². The summed E-state index contributed by atoms with van der Waals surface area (Å²) in [5.74, 6) is 1.01. The van der Waals surface area contributed by atoms with Crippen LogP contribution >= 0.6 is 11.6 Å². The minimum atomic E-state index is -0.287. The van der Waals surface area contributed by atoms with E-state index >= 15 is 0 Å². The molecular weight excluding hydrogens is 452 g/mol. The van der Waals surface area contributed by atoms with E-state index in [9.17, 15) is 9.59 Å². The number of nitrogens with zero attached hydrogens (tertiary/aromatic N) is 1. The Balaban J connectivity index is 1.54. The van der Waals surface area contributed by atoms with Crippen LogP contribution in [0, 0.1) is 13.8 Å². The van der Waals surface area contributed by atoms with Crippen LogP contribution in [0.4, 0.5) is 5.69 Å². The van der Waals surface area contributed by atoms with Crippen molar-refractivity contribution >= 4 is 29.1 Å². The number of hydrogen-bond acceptors (Lipinski definition) is 4. The number of rotatable bonds is 7. The Labute approximate surface area is 204 Å². The van der Waals surface area contributed by atoms with Crippen molar-refractivity contribution in [2.75, 3.05) is 24.6 Å². The van der Waals surface area contributed by atoms with Gasteiger partial charge in [0.05, 0.1) is 11.6 Å². The van der Waals surface area contributed by atoms with Crippen LogP contribution in [0.2, 0.25) is 5.02 Å². The van der Waals surface area contributed by atoms with Crippen molar-refractivity contribution in [2.24, 2.45) is 0 Å². The Morgan fingerprint density at radius 1 is 1.12 bits per heavy atom. The summed E-state index contributed by atoms with van der Waals surface area (Å²) in [7, 11) is 0. The van der Waals surface area contributed by atoms with Crippen LogP contribution in [0.1, 0.15) is 39.4 Å². The number of anilines is 1. The van der Waals surface area contributed by atoms with Gasteiger partial charge in [0.1, 0.15) is 11.5 Å². The Morgan fingerprint density at radius 3 is 2.59 bits per heavy atom. The van der Waals surface area contributed by atoms with Crippen molar-refractivity contribution in [1.29, 1.82) is 0 Å². The number of carbonyl (C=O) groups is 2. The normalized spacial score (nSPS) is 15.5. The molecule has 1 aliphatic heterocycles. The van der Waals surface area contributed by atoms with Gasteiger partial charge in [-0.15, -0.1) is 0 Å². The third-order valence-corrected chi connectivity index (χ3v) is 6.30. The molecule has 0 aliphatic carbocycles. The number of benzene rings is 3. The van der Waals surface area contributed by atoms with Gasteiger partial charge in [0, 0.05) is 36.7 Å². The van der Waals surface area contributed by atoms with Gasteiger partial charge in [-0.25, -0.2) is 0 Å². The molecule has 1 fully saturated rings. The van der Waals surface area contributed by atoms with Crippen molar-refractivity contribution in [2.45, 2.75) is 26.2 Å². The van der Waals surface area contributed by atoms with E-state index in [1.165, 1.54) is 0 Å². The van der Waals surface area contributed by atoms with Crippen LogP contribution in [0.5, 0.6) is 11.5 Å². The number of halogens is 1. The summed E-state index contributed by atoms with van der Waals surface area (Å²) in [4.78, 5) is 26.8. The number of aliphatic hydroxyl groups is 1. The highest BCUT2D eigenvalue weighted by atomic mass is 35.5. The van der Waals surface area contributed by atoms with E-state index in [4.69, 9.17) is 21.4 Å². The summed E-state index contributed by atoms with van der Waals surface area (Å²) >= 11 is 6.44.